The van der Waals surface area contributed by atoms with Gasteiger partial charge in [0.15, 0.2) is 11.6 Å². The molecule has 2 fully saturated rings. The van der Waals surface area contributed by atoms with Crippen molar-refractivity contribution in [1.82, 2.24) is 0 Å². The largest absolute Gasteiger partial charge is 0.204 e. The van der Waals surface area contributed by atoms with Crippen LogP contribution in [0.25, 0.3) is 11.1 Å². The number of rotatable bonds is 6. The highest BCUT2D eigenvalue weighted by atomic mass is 19.2. The second kappa shape index (κ2) is 10.6. The zero-order valence-electron chi connectivity index (χ0n) is 18.8. The Morgan fingerprint density at radius 3 is 1.97 bits per heavy atom. The number of benzene rings is 2. The third-order valence-corrected chi connectivity index (χ3v) is 7.75. The van der Waals surface area contributed by atoms with Gasteiger partial charge in [0.25, 0.3) is 0 Å². The summed E-state index contributed by atoms with van der Waals surface area (Å²) in [6.07, 6.45) is 18.2. The monoisotopic (exact) mass is 422 g/mol. The summed E-state index contributed by atoms with van der Waals surface area (Å²) in [4.78, 5) is 0. The van der Waals surface area contributed by atoms with E-state index in [0.717, 1.165) is 28.9 Å². The summed E-state index contributed by atoms with van der Waals surface area (Å²) in [6, 6.07) is 12.6. The van der Waals surface area contributed by atoms with Crippen LogP contribution in [0, 0.1) is 29.4 Å². The summed E-state index contributed by atoms with van der Waals surface area (Å²) in [5.74, 6) is 1.74. The third kappa shape index (κ3) is 5.64. The highest BCUT2D eigenvalue weighted by Crippen LogP contribution is 2.44. The first-order valence-electron chi connectivity index (χ1n) is 12.4. The topological polar surface area (TPSA) is 0 Å². The Morgan fingerprint density at radius 2 is 1.35 bits per heavy atom. The van der Waals surface area contributed by atoms with E-state index in [-0.39, 0.29) is 0 Å². The summed E-state index contributed by atoms with van der Waals surface area (Å²) < 4.78 is 26.7. The lowest BCUT2D eigenvalue weighted by molar-refractivity contribution is 0.171. The molecule has 0 saturated heterocycles. The first-order valence-corrected chi connectivity index (χ1v) is 12.4. The van der Waals surface area contributed by atoms with Crippen molar-refractivity contribution in [3.63, 3.8) is 0 Å². The van der Waals surface area contributed by atoms with Crippen molar-refractivity contribution in [2.24, 2.45) is 17.8 Å². The second-order valence-corrected chi connectivity index (χ2v) is 9.75. The number of halogens is 2. The SMILES string of the molecule is CCC/C=C/C1CCC(C2CCC(c3ccc(-c4ccc(F)c(F)c4)cc3)CC2)CC1. The van der Waals surface area contributed by atoms with Gasteiger partial charge in [0, 0.05) is 0 Å². The molecular formula is C29H36F2. The van der Waals surface area contributed by atoms with Crippen molar-refractivity contribution in [2.45, 2.75) is 77.0 Å². The fourth-order valence-corrected chi connectivity index (χ4v) is 5.81. The average Bonchev–Trinajstić information content (AvgIpc) is 2.82. The zero-order chi connectivity index (χ0) is 21.6. The average molecular weight is 423 g/mol. The van der Waals surface area contributed by atoms with Crippen molar-refractivity contribution in [1.29, 1.82) is 0 Å². The highest BCUT2D eigenvalue weighted by molar-refractivity contribution is 5.63. The Bertz CT molecular complexity index is 851. The van der Waals surface area contributed by atoms with Crippen LogP contribution in [0.3, 0.4) is 0 Å². The van der Waals surface area contributed by atoms with Crippen LogP contribution < -0.4 is 0 Å². The molecule has 0 N–H and O–H groups in total. The summed E-state index contributed by atoms with van der Waals surface area (Å²) in [6.45, 7) is 2.25. The maximum Gasteiger partial charge on any atom is 0.159 e. The molecule has 0 amide bonds. The minimum Gasteiger partial charge on any atom is -0.204 e. The predicted octanol–water partition coefficient (Wildman–Crippen LogP) is 9.07. The minimum absolute atomic E-state index is 0.642. The van der Waals surface area contributed by atoms with Crippen molar-refractivity contribution in [3.8, 4) is 11.1 Å². The van der Waals surface area contributed by atoms with E-state index in [2.05, 4.69) is 43.3 Å². The molecule has 2 aromatic carbocycles. The third-order valence-electron chi connectivity index (χ3n) is 7.75. The van der Waals surface area contributed by atoms with Crippen LogP contribution in [-0.2, 0) is 0 Å². The highest BCUT2D eigenvalue weighted by Gasteiger charge is 2.30. The van der Waals surface area contributed by atoms with Gasteiger partial charge in [-0.15, -0.1) is 0 Å². The van der Waals surface area contributed by atoms with E-state index in [4.69, 9.17) is 0 Å². The van der Waals surface area contributed by atoms with Crippen LogP contribution >= 0.6 is 0 Å². The van der Waals surface area contributed by atoms with Crippen LogP contribution in [0.1, 0.15) is 82.6 Å². The van der Waals surface area contributed by atoms with E-state index in [0.29, 0.717) is 5.92 Å². The standard InChI is InChI=1S/C29H36F2/c1-2-3-4-5-21-6-8-22(9-7-21)23-10-12-24(13-11-23)25-14-16-26(17-15-25)27-18-19-28(30)29(31)20-27/h4-5,14-24H,2-3,6-13H2,1H3/b5-4+. The lowest BCUT2D eigenvalue weighted by Gasteiger charge is -2.37. The van der Waals surface area contributed by atoms with Crippen LogP contribution in [0.15, 0.2) is 54.6 Å². The number of allylic oxidation sites excluding steroid dienone is 2. The van der Waals surface area contributed by atoms with E-state index < -0.39 is 11.6 Å². The Hall–Kier alpha value is -1.96. The van der Waals surface area contributed by atoms with Gasteiger partial charge < -0.3 is 0 Å². The van der Waals surface area contributed by atoms with Gasteiger partial charge >= 0.3 is 0 Å². The normalized spacial score (nSPS) is 26.9. The van der Waals surface area contributed by atoms with Gasteiger partial charge in [0.05, 0.1) is 0 Å². The van der Waals surface area contributed by atoms with Gasteiger partial charge in [-0.3, -0.25) is 0 Å². The predicted molar refractivity (Wildman–Crippen MR) is 126 cm³/mol. The molecule has 4 rings (SSSR count). The fraction of sp³-hybridized carbons (Fsp3) is 0.517. The molecular weight excluding hydrogens is 386 g/mol. The van der Waals surface area contributed by atoms with E-state index in [1.165, 1.54) is 81.9 Å². The molecule has 0 spiro atoms. The summed E-state index contributed by atoms with van der Waals surface area (Å²) in [5.41, 5.74) is 3.07. The summed E-state index contributed by atoms with van der Waals surface area (Å²) in [7, 11) is 0. The van der Waals surface area contributed by atoms with Gasteiger partial charge in [-0.2, -0.15) is 0 Å². The zero-order valence-corrected chi connectivity index (χ0v) is 18.8. The van der Waals surface area contributed by atoms with Crippen molar-refractivity contribution in [3.05, 3.63) is 71.8 Å². The Balaban J connectivity index is 1.28. The molecule has 0 aromatic heterocycles. The molecule has 166 valence electrons. The van der Waals surface area contributed by atoms with E-state index >= 15 is 0 Å². The Labute approximate surface area is 186 Å². The van der Waals surface area contributed by atoms with E-state index in [9.17, 15) is 8.78 Å². The molecule has 0 unspecified atom stereocenters. The molecule has 31 heavy (non-hydrogen) atoms. The molecule has 2 heteroatoms. The first-order chi connectivity index (χ1) is 15.1. The summed E-state index contributed by atoms with van der Waals surface area (Å²) in [5, 5.41) is 0. The van der Waals surface area contributed by atoms with Crippen LogP contribution in [-0.4, -0.2) is 0 Å². The van der Waals surface area contributed by atoms with Crippen LogP contribution in [0.4, 0.5) is 8.78 Å². The maximum absolute atomic E-state index is 13.5. The molecule has 0 bridgehead atoms. The molecule has 2 saturated carbocycles. The molecule has 0 radical (unpaired) electrons. The quantitative estimate of drug-likeness (QED) is 0.407. The van der Waals surface area contributed by atoms with Gasteiger partial charge in [-0.1, -0.05) is 55.8 Å². The van der Waals surface area contributed by atoms with Crippen molar-refractivity contribution in [2.75, 3.05) is 0 Å². The molecule has 0 nitrogen and oxygen atoms in total. The molecule has 0 atom stereocenters. The molecule has 0 aliphatic heterocycles. The molecule has 0 heterocycles. The smallest absolute Gasteiger partial charge is 0.159 e. The second-order valence-electron chi connectivity index (χ2n) is 9.75. The minimum atomic E-state index is -0.793. The number of hydrogen-bond acceptors (Lipinski definition) is 0. The number of unbranched alkanes of at least 4 members (excludes halogenated alkanes) is 1. The lowest BCUT2D eigenvalue weighted by atomic mass is 9.68. The molecule has 2 aliphatic carbocycles. The fourth-order valence-electron chi connectivity index (χ4n) is 5.81. The van der Waals surface area contributed by atoms with Crippen molar-refractivity contribution < 1.29 is 8.78 Å². The van der Waals surface area contributed by atoms with Crippen LogP contribution in [0.5, 0.6) is 0 Å². The number of hydrogen-bond donors (Lipinski definition) is 0. The van der Waals surface area contributed by atoms with Gasteiger partial charge in [-0.25, -0.2) is 8.78 Å². The van der Waals surface area contributed by atoms with Crippen LogP contribution in [0.2, 0.25) is 0 Å². The maximum atomic E-state index is 13.5. The van der Waals surface area contributed by atoms with E-state index in [1.807, 2.05) is 0 Å². The van der Waals surface area contributed by atoms with E-state index in [1.54, 1.807) is 6.07 Å². The Morgan fingerprint density at radius 1 is 0.742 bits per heavy atom. The molecule has 2 aromatic rings. The Kier molecular flexibility index (Phi) is 7.58. The van der Waals surface area contributed by atoms with Gasteiger partial charge in [0.1, 0.15) is 0 Å². The van der Waals surface area contributed by atoms with Crippen molar-refractivity contribution >= 4 is 0 Å². The molecule has 2 aliphatic rings. The lowest BCUT2D eigenvalue weighted by Crippen LogP contribution is -2.25. The first kappa shape index (κ1) is 22.2. The van der Waals surface area contributed by atoms with Gasteiger partial charge in [-0.05, 0) is 110 Å². The summed E-state index contributed by atoms with van der Waals surface area (Å²) >= 11 is 0. The van der Waals surface area contributed by atoms with Gasteiger partial charge in [0.2, 0.25) is 0 Å².